The molecule has 2 aromatic carbocycles. The van der Waals surface area contributed by atoms with Gasteiger partial charge in [-0.05, 0) is 38.0 Å². The molecule has 2 aromatic heterocycles. The highest BCUT2D eigenvalue weighted by Gasteiger charge is 2.39. The number of benzene rings is 2. The van der Waals surface area contributed by atoms with Crippen molar-refractivity contribution in [1.82, 2.24) is 19.3 Å². The van der Waals surface area contributed by atoms with Crippen molar-refractivity contribution >= 4 is 23.4 Å². The molecule has 0 bridgehead atoms. The van der Waals surface area contributed by atoms with Gasteiger partial charge in [-0.25, -0.2) is 9.78 Å². The van der Waals surface area contributed by atoms with Crippen LogP contribution in [-0.2, 0) is 27.4 Å². The number of methoxy groups -OCH3 is 1. The standard InChI is InChI=1S/C30H32ClN5O4/c1-18-19(2)35(20(3)32-18)14-15-40-17-24-26(30(38)39-4)25(22-12-8-9-13-23(22)31)27-28(33-24)36(34-29(27)37)16-21-10-6-5-7-11-21/h5-13,25,33H,14-17H2,1-4H3,(H,34,37). The monoisotopic (exact) mass is 561 g/mol. The molecule has 10 heteroatoms. The first-order valence-electron chi connectivity index (χ1n) is 13.1. The van der Waals surface area contributed by atoms with Gasteiger partial charge in [0.25, 0.3) is 5.56 Å². The van der Waals surface area contributed by atoms with Crippen LogP contribution in [0.3, 0.4) is 0 Å². The zero-order chi connectivity index (χ0) is 28.4. The van der Waals surface area contributed by atoms with E-state index in [4.69, 9.17) is 21.1 Å². The number of ether oxygens (including phenoxy) is 2. The van der Waals surface area contributed by atoms with Gasteiger partial charge in [-0.15, -0.1) is 0 Å². The number of hydrogen-bond donors (Lipinski definition) is 2. The summed E-state index contributed by atoms with van der Waals surface area (Å²) in [4.78, 5) is 31.3. The summed E-state index contributed by atoms with van der Waals surface area (Å²) in [5.41, 5.74) is 4.60. The first-order valence-corrected chi connectivity index (χ1v) is 13.5. The van der Waals surface area contributed by atoms with E-state index < -0.39 is 11.9 Å². The molecule has 40 heavy (non-hydrogen) atoms. The van der Waals surface area contributed by atoms with Crippen molar-refractivity contribution in [1.29, 1.82) is 0 Å². The summed E-state index contributed by atoms with van der Waals surface area (Å²) in [5.74, 6) is 0.165. The Morgan fingerprint density at radius 2 is 1.80 bits per heavy atom. The topological polar surface area (TPSA) is 103 Å². The molecule has 1 aliphatic heterocycles. The second-order valence-corrected chi connectivity index (χ2v) is 10.2. The van der Waals surface area contributed by atoms with Crippen LogP contribution >= 0.6 is 11.6 Å². The predicted molar refractivity (Wildman–Crippen MR) is 154 cm³/mol. The minimum atomic E-state index is -0.752. The summed E-state index contributed by atoms with van der Waals surface area (Å²) in [5, 5.41) is 6.73. The average molecular weight is 562 g/mol. The quantitative estimate of drug-likeness (QED) is 0.227. The number of aromatic amines is 1. The smallest absolute Gasteiger partial charge is 0.336 e. The number of hydrogen-bond acceptors (Lipinski definition) is 6. The summed E-state index contributed by atoms with van der Waals surface area (Å²) < 4.78 is 15.2. The normalized spacial score (nSPS) is 14.7. The number of aryl methyl sites for hydroxylation is 2. The van der Waals surface area contributed by atoms with Crippen LogP contribution in [0, 0.1) is 20.8 Å². The Balaban J connectivity index is 1.54. The molecule has 2 N–H and O–H groups in total. The van der Waals surface area contributed by atoms with Crippen LogP contribution in [-0.4, -0.2) is 45.6 Å². The number of anilines is 1. The van der Waals surface area contributed by atoms with Gasteiger partial charge in [0, 0.05) is 17.3 Å². The molecule has 3 heterocycles. The van der Waals surface area contributed by atoms with E-state index in [1.165, 1.54) is 7.11 Å². The lowest BCUT2D eigenvalue weighted by Gasteiger charge is -2.29. The minimum absolute atomic E-state index is 0.0985. The number of halogens is 1. The second-order valence-electron chi connectivity index (χ2n) is 9.77. The molecule has 0 amide bonds. The number of esters is 1. The molecule has 0 fully saturated rings. The molecule has 1 unspecified atom stereocenters. The number of H-pyrrole nitrogens is 1. The molecule has 0 saturated heterocycles. The van der Waals surface area contributed by atoms with Crippen molar-refractivity contribution in [2.75, 3.05) is 25.6 Å². The zero-order valence-electron chi connectivity index (χ0n) is 23.0. The highest BCUT2D eigenvalue weighted by atomic mass is 35.5. The van der Waals surface area contributed by atoms with Gasteiger partial charge in [-0.1, -0.05) is 60.1 Å². The first-order chi connectivity index (χ1) is 19.3. The van der Waals surface area contributed by atoms with E-state index in [0.717, 1.165) is 22.8 Å². The molecule has 0 spiro atoms. The highest BCUT2D eigenvalue weighted by Crippen LogP contribution is 2.43. The third-order valence-corrected chi connectivity index (χ3v) is 7.68. The predicted octanol–water partition coefficient (Wildman–Crippen LogP) is 4.70. The lowest BCUT2D eigenvalue weighted by Crippen LogP contribution is -2.30. The van der Waals surface area contributed by atoms with Crippen LogP contribution in [0.5, 0.6) is 0 Å². The fourth-order valence-electron chi connectivity index (χ4n) is 5.27. The average Bonchev–Trinajstić information content (AvgIpc) is 3.39. The van der Waals surface area contributed by atoms with Gasteiger partial charge in [0.15, 0.2) is 0 Å². The molecular weight excluding hydrogens is 530 g/mol. The van der Waals surface area contributed by atoms with Crippen LogP contribution in [0.25, 0.3) is 0 Å². The summed E-state index contributed by atoms with van der Waals surface area (Å²) in [6, 6.07) is 17.0. The Morgan fingerprint density at radius 1 is 1.07 bits per heavy atom. The number of rotatable bonds is 9. The van der Waals surface area contributed by atoms with Crippen molar-refractivity contribution in [3.63, 3.8) is 0 Å². The van der Waals surface area contributed by atoms with E-state index in [1.54, 1.807) is 10.7 Å². The van der Waals surface area contributed by atoms with Crippen molar-refractivity contribution in [2.24, 2.45) is 0 Å². The summed E-state index contributed by atoms with van der Waals surface area (Å²) in [6.45, 7) is 7.51. The van der Waals surface area contributed by atoms with Gasteiger partial charge < -0.3 is 19.4 Å². The molecule has 9 nitrogen and oxygen atoms in total. The molecule has 0 radical (unpaired) electrons. The van der Waals surface area contributed by atoms with Gasteiger partial charge >= 0.3 is 5.97 Å². The molecular formula is C30H32ClN5O4. The third kappa shape index (κ3) is 5.22. The SMILES string of the molecule is COC(=O)C1=C(COCCn2c(C)nc(C)c2C)Nc2c(c(=O)[nH]n2Cc2ccccc2)C1c1ccccc1Cl. The first kappa shape index (κ1) is 27.5. The van der Waals surface area contributed by atoms with Crippen molar-refractivity contribution in [3.05, 3.63) is 115 Å². The van der Waals surface area contributed by atoms with E-state index in [2.05, 4.69) is 20.0 Å². The number of nitrogens with one attached hydrogen (secondary N) is 2. The van der Waals surface area contributed by atoms with E-state index in [1.807, 2.05) is 69.3 Å². The van der Waals surface area contributed by atoms with Crippen LogP contribution < -0.4 is 10.9 Å². The molecule has 0 aliphatic carbocycles. The second kappa shape index (κ2) is 11.6. The minimum Gasteiger partial charge on any atom is -0.466 e. The van der Waals surface area contributed by atoms with E-state index in [9.17, 15) is 9.59 Å². The molecule has 1 aliphatic rings. The molecule has 4 aromatic rings. The Labute approximate surface area is 237 Å². The Morgan fingerprint density at radius 3 is 2.48 bits per heavy atom. The van der Waals surface area contributed by atoms with Gasteiger partial charge in [-0.2, -0.15) is 0 Å². The van der Waals surface area contributed by atoms with Gasteiger partial charge in [0.2, 0.25) is 0 Å². The van der Waals surface area contributed by atoms with E-state index in [0.29, 0.717) is 47.4 Å². The summed E-state index contributed by atoms with van der Waals surface area (Å²) in [6.07, 6.45) is 0. The maximum Gasteiger partial charge on any atom is 0.336 e. The Hall–Kier alpha value is -4.08. The largest absolute Gasteiger partial charge is 0.466 e. The number of nitrogens with zero attached hydrogens (tertiary/aromatic N) is 3. The maximum atomic E-state index is 13.4. The lowest BCUT2D eigenvalue weighted by molar-refractivity contribution is -0.136. The number of fused-ring (bicyclic) bond motifs is 1. The van der Waals surface area contributed by atoms with Crippen LogP contribution in [0.4, 0.5) is 5.82 Å². The van der Waals surface area contributed by atoms with Gasteiger partial charge in [-0.3, -0.25) is 14.6 Å². The van der Waals surface area contributed by atoms with Crippen LogP contribution in [0.1, 0.15) is 39.8 Å². The molecule has 1 atom stereocenters. The zero-order valence-corrected chi connectivity index (χ0v) is 23.7. The maximum absolute atomic E-state index is 13.4. The Bertz CT molecular complexity index is 1630. The number of aromatic nitrogens is 4. The van der Waals surface area contributed by atoms with Crippen molar-refractivity contribution in [2.45, 2.75) is 39.8 Å². The van der Waals surface area contributed by atoms with Gasteiger partial charge in [0.05, 0.1) is 55.3 Å². The molecule has 0 saturated carbocycles. The summed E-state index contributed by atoms with van der Waals surface area (Å²) in [7, 11) is 1.32. The highest BCUT2D eigenvalue weighted by molar-refractivity contribution is 6.31. The molecule has 5 rings (SSSR count). The van der Waals surface area contributed by atoms with Crippen molar-refractivity contribution in [3.8, 4) is 0 Å². The fourth-order valence-corrected chi connectivity index (χ4v) is 5.52. The van der Waals surface area contributed by atoms with Crippen LogP contribution in [0.2, 0.25) is 5.02 Å². The summed E-state index contributed by atoms with van der Waals surface area (Å²) >= 11 is 6.65. The number of carbonyl (C=O) groups is 1. The lowest BCUT2D eigenvalue weighted by atomic mass is 9.82. The van der Waals surface area contributed by atoms with Crippen molar-refractivity contribution < 1.29 is 14.3 Å². The fraction of sp³-hybridized carbons (Fsp3) is 0.300. The Kier molecular flexibility index (Phi) is 7.95. The van der Waals surface area contributed by atoms with E-state index in [-0.39, 0.29) is 17.7 Å². The number of carbonyl (C=O) groups excluding carboxylic acids is 1. The molecule has 208 valence electrons. The number of imidazole rings is 1. The third-order valence-electron chi connectivity index (χ3n) is 7.34. The van der Waals surface area contributed by atoms with Gasteiger partial charge in [0.1, 0.15) is 11.6 Å². The van der Waals surface area contributed by atoms with Crippen LogP contribution in [0.15, 0.2) is 70.7 Å². The van der Waals surface area contributed by atoms with E-state index >= 15 is 0 Å².